The molecule has 4 aliphatic heterocycles. The number of aromatic nitrogens is 1. The highest BCUT2D eigenvalue weighted by Gasteiger charge is 2.39. The summed E-state index contributed by atoms with van der Waals surface area (Å²) in [6, 6.07) is 19.0. The average molecular weight is 1350 g/mol. The summed E-state index contributed by atoms with van der Waals surface area (Å²) in [5, 5.41) is 21.7. The first-order valence-electron chi connectivity index (χ1n) is 32.5. The second-order valence-corrected chi connectivity index (χ2v) is 32.7. The number of benzene rings is 2. The van der Waals surface area contributed by atoms with Gasteiger partial charge in [-0.25, -0.2) is 4.98 Å². The van der Waals surface area contributed by atoms with Crippen molar-refractivity contribution in [1.29, 1.82) is 0 Å². The van der Waals surface area contributed by atoms with Gasteiger partial charge < -0.3 is 15.1 Å². The third kappa shape index (κ3) is 16.5. The molecule has 9 nitrogen and oxygen atoms in total. The van der Waals surface area contributed by atoms with Crippen molar-refractivity contribution in [2.24, 2.45) is 11.8 Å². The second kappa shape index (κ2) is 32.0. The predicted octanol–water partition coefficient (Wildman–Crippen LogP) is 21.1. The van der Waals surface area contributed by atoms with E-state index >= 15 is 0 Å². The summed E-state index contributed by atoms with van der Waals surface area (Å²) < 4.78 is -0.239. The van der Waals surface area contributed by atoms with Gasteiger partial charge in [0.1, 0.15) is 22.1 Å². The highest BCUT2D eigenvalue weighted by atomic mass is 32.2. The predicted molar refractivity (Wildman–Crippen MR) is 390 cm³/mol. The molecule has 5 aliphatic rings. The van der Waals surface area contributed by atoms with E-state index in [0.717, 1.165) is 90.9 Å². The summed E-state index contributed by atoms with van der Waals surface area (Å²) in [6.45, 7) is 10.5. The number of pyridine rings is 1. The highest BCUT2D eigenvalue weighted by Crippen LogP contribution is 2.56. The Labute approximate surface area is 563 Å². The number of carbonyl (C=O) groups is 4. The van der Waals surface area contributed by atoms with Crippen LogP contribution in [0, 0.1) is 11.8 Å². The minimum Gasteiger partial charge on any atom is -0.480 e. The first kappa shape index (κ1) is 67.6. The van der Waals surface area contributed by atoms with Gasteiger partial charge in [-0.15, -0.1) is 58.8 Å². The molecule has 2 fully saturated rings. The molecule has 89 heavy (non-hydrogen) atoms. The number of carboxylic acid groups (broad SMARTS) is 2. The summed E-state index contributed by atoms with van der Waals surface area (Å²) in [4.78, 5) is 67.2. The summed E-state index contributed by atoms with van der Waals surface area (Å²) in [5.74, 6) is -1.99. The van der Waals surface area contributed by atoms with Gasteiger partial charge in [0.05, 0.1) is 26.1 Å². The average Bonchev–Trinajstić information content (AvgIpc) is 1.15. The van der Waals surface area contributed by atoms with Crippen molar-refractivity contribution in [1.82, 2.24) is 14.8 Å². The van der Waals surface area contributed by atoms with Crippen molar-refractivity contribution in [3.05, 3.63) is 132 Å². The van der Waals surface area contributed by atoms with Gasteiger partial charge >= 0.3 is 11.9 Å². The van der Waals surface area contributed by atoms with Gasteiger partial charge in [0, 0.05) is 50.9 Å². The molecule has 2 aromatic carbocycles. The van der Waals surface area contributed by atoms with Crippen LogP contribution in [0.2, 0.25) is 0 Å². The topological polar surface area (TPSA) is 128 Å². The van der Waals surface area contributed by atoms with Crippen LogP contribution in [-0.4, -0.2) is 76.1 Å². The molecular weight excluding hydrogens is 1260 g/mol. The molecule has 2 saturated heterocycles. The van der Waals surface area contributed by atoms with E-state index in [1.54, 1.807) is 0 Å². The van der Waals surface area contributed by atoms with Crippen LogP contribution in [0.15, 0.2) is 105 Å². The molecule has 5 atom stereocenters. The van der Waals surface area contributed by atoms with Crippen LogP contribution in [0.5, 0.6) is 0 Å². The first-order chi connectivity index (χ1) is 43.1. The second-order valence-electron chi connectivity index (χ2n) is 24.5. The lowest BCUT2D eigenvalue weighted by molar-refractivity contribution is -0.142. The molecule has 2 N–H and O–H groups in total. The monoisotopic (exact) mass is 1340 g/mol. The molecule has 5 unspecified atom stereocenters. The molecule has 472 valence electrons. The zero-order chi connectivity index (χ0) is 62.7. The third-order valence-corrected chi connectivity index (χ3v) is 26.1. The molecule has 0 spiro atoms. The number of thiophene rings is 2. The van der Waals surface area contributed by atoms with E-state index in [-0.39, 0.29) is 39.1 Å². The standard InChI is InChI=1S/C72H85N3O6S8/c1-6-10-14-18-22-46-34-52(40-60-69(80)74(42-62(76)77)71(82)88-60)84-67(46)58-38-48(24-20-16-12-8-3)65(86-58)50-30-32-56-54(36-50)64(45-28-26-44(5)27-29-45)55-37-51(31-33-57(55)73-56)66-49(25-21-17-13-9-4)39-59(87-66)68-47(23-19-15-11-7-2)35-53(85-68)41-61-70(81)75(43-63(78)79)72(83)89-61/h26,28-34,36-41,44,46,53,67,72,83H,6-25,27,35,42-43H2,1-5H3,(H,76,77)(H,78,79)/b60-40+,61-41+. The lowest BCUT2D eigenvalue weighted by atomic mass is 9.88. The van der Waals surface area contributed by atoms with Crippen LogP contribution >= 0.6 is 94.6 Å². The number of nitrogens with zero attached hydrogens (tertiary/aromatic N) is 3. The Bertz CT molecular complexity index is 3660. The normalized spacial score (nSPS) is 21.4. The van der Waals surface area contributed by atoms with Crippen molar-refractivity contribution in [2.75, 3.05) is 13.1 Å². The SMILES string of the molecule is CCCCCCC1=C(c2cc(CCCCCC)c(-c3ccc4nc5ccc(-c6sc(C7SC(/C=C8/SC(=S)N(CC(=O)O)C8=O)=CC7CCCCCC)cc6CCCCCC)cc5c(C5=CCC(C)C=C5)c4c3)s2)SC(/C=C2/SC(S)N(CC(=O)O)C2=O)C1. The zero-order valence-corrected chi connectivity index (χ0v) is 58.7. The first-order valence-corrected chi connectivity index (χ1v) is 38.5. The number of rotatable bonds is 31. The van der Waals surface area contributed by atoms with Gasteiger partial charge in [-0.2, -0.15) is 0 Å². The maximum atomic E-state index is 13.6. The Morgan fingerprint density at radius 1 is 0.719 bits per heavy atom. The van der Waals surface area contributed by atoms with E-state index in [1.165, 1.54) is 174 Å². The molecular formula is C72H85N3O6S8. The van der Waals surface area contributed by atoms with Crippen LogP contribution in [-0.2, 0) is 32.0 Å². The van der Waals surface area contributed by atoms with Crippen molar-refractivity contribution in [2.45, 2.75) is 191 Å². The molecule has 3 aromatic heterocycles. The molecule has 0 radical (unpaired) electrons. The van der Waals surface area contributed by atoms with Crippen molar-refractivity contribution >= 4 is 155 Å². The molecule has 0 saturated carbocycles. The molecule has 2 amide bonds. The molecule has 7 heterocycles. The molecule has 17 heteroatoms. The van der Waals surface area contributed by atoms with E-state index in [1.807, 2.05) is 52.3 Å². The zero-order valence-electron chi connectivity index (χ0n) is 52.1. The number of thiocarbonyl (C=S) groups is 1. The fourth-order valence-corrected chi connectivity index (χ4v) is 21.3. The van der Waals surface area contributed by atoms with Gasteiger partial charge in [-0.3, -0.25) is 24.1 Å². The Morgan fingerprint density at radius 2 is 1.34 bits per heavy atom. The van der Waals surface area contributed by atoms with Crippen molar-refractivity contribution < 1.29 is 29.4 Å². The minimum absolute atomic E-state index is 0.0633. The van der Waals surface area contributed by atoms with E-state index in [2.05, 4.69) is 126 Å². The number of hydrogen-bond donors (Lipinski definition) is 3. The number of thiol groups is 1. The van der Waals surface area contributed by atoms with Crippen LogP contribution < -0.4 is 0 Å². The van der Waals surface area contributed by atoms with Crippen LogP contribution in [0.3, 0.4) is 0 Å². The van der Waals surface area contributed by atoms with Gasteiger partial charge in [0.2, 0.25) is 0 Å². The number of unbranched alkanes of at least 4 members (excludes halogenated alkanes) is 12. The number of carboxylic acids is 2. The molecule has 0 bridgehead atoms. The van der Waals surface area contributed by atoms with E-state index in [4.69, 9.17) is 17.2 Å². The number of carbonyl (C=O) groups excluding carboxylic acids is 2. The number of aryl methyl sites for hydroxylation is 2. The third-order valence-electron chi connectivity index (χ3n) is 17.5. The lowest BCUT2D eigenvalue weighted by Gasteiger charge is -2.18. The number of amides is 2. The van der Waals surface area contributed by atoms with Gasteiger partial charge in [0.25, 0.3) is 11.8 Å². The van der Waals surface area contributed by atoms with E-state index in [9.17, 15) is 29.4 Å². The Kier molecular flexibility index (Phi) is 24.3. The van der Waals surface area contributed by atoms with Crippen molar-refractivity contribution in [3.8, 4) is 20.9 Å². The minimum atomic E-state index is -1.08. The fourth-order valence-electron chi connectivity index (χ4n) is 12.8. The number of allylic oxidation sites excluding steroid dienone is 7. The fraction of sp³-hybridized carbons (Fsp3) is 0.472. The van der Waals surface area contributed by atoms with Crippen LogP contribution in [0.4, 0.5) is 0 Å². The summed E-state index contributed by atoms with van der Waals surface area (Å²) in [7, 11) is 0. The van der Waals surface area contributed by atoms with Crippen molar-refractivity contribution in [3.63, 3.8) is 0 Å². The number of aliphatic carboxylic acids is 2. The maximum absolute atomic E-state index is 13.6. The lowest BCUT2D eigenvalue weighted by Crippen LogP contribution is -2.34. The van der Waals surface area contributed by atoms with Gasteiger partial charge in [-0.1, -0.05) is 202 Å². The summed E-state index contributed by atoms with van der Waals surface area (Å²) in [5.41, 5.74) is 11.1. The van der Waals surface area contributed by atoms with Crippen LogP contribution in [0.1, 0.15) is 195 Å². The number of hydrogen-bond acceptors (Lipinski definition) is 13. The largest absolute Gasteiger partial charge is 0.480 e. The molecule has 1 aliphatic carbocycles. The maximum Gasteiger partial charge on any atom is 0.323 e. The van der Waals surface area contributed by atoms with Gasteiger partial charge in [-0.05, 0) is 140 Å². The quantitative estimate of drug-likeness (QED) is 0.0128. The molecule has 10 rings (SSSR count). The summed E-state index contributed by atoms with van der Waals surface area (Å²) >= 11 is 20.2. The number of thioether (sulfide) groups is 4. The molecule has 5 aromatic rings. The Balaban J connectivity index is 1.05. The van der Waals surface area contributed by atoms with E-state index < -0.39 is 23.2 Å². The number of fused-ring (bicyclic) bond motifs is 2. The summed E-state index contributed by atoms with van der Waals surface area (Å²) in [6.07, 6.45) is 38.1. The smallest absolute Gasteiger partial charge is 0.323 e. The van der Waals surface area contributed by atoms with E-state index in [0.29, 0.717) is 15.7 Å². The van der Waals surface area contributed by atoms with Crippen LogP contribution in [0.25, 0.3) is 53.2 Å². The Hall–Kier alpha value is -4.33. The van der Waals surface area contributed by atoms with Gasteiger partial charge in [0.15, 0.2) is 0 Å². The Morgan fingerprint density at radius 3 is 1.96 bits per heavy atom. The highest BCUT2D eigenvalue weighted by molar-refractivity contribution is 8.26.